The Morgan fingerprint density at radius 2 is 0.786 bits per heavy atom. The summed E-state index contributed by atoms with van der Waals surface area (Å²) in [6, 6.07) is 0. The van der Waals surface area contributed by atoms with Crippen molar-refractivity contribution >= 4 is 35.5 Å². The summed E-state index contributed by atoms with van der Waals surface area (Å²) < 4.78 is 0. The summed E-state index contributed by atoms with van der Waals surface area (Å²) in [6.45, 7) is 0. The van der Waals surface area contributed by atoms with Gasteiger partial charge in [0.1, 0.15) is 0 Å². The van der Waals surface area contributed by atoms with Crippen LogP contribution in [0.3, 0.4) is 0 Å². The molecular formula is C3H7NaO9Se. The first-order chi connectivity index (χ1) is 5.20. The summed E-state index contributed by atoms with van der Waals surface area (Å²) in [5.74, 6) is 0. The minimum atomic E-state index is -2.08. The molecule has 0 aliphatic carbocycles. The predicted octanol–water partition coefficient (Wildman–Crippen LogP) is -4.58. The van der Waals surface area contributed by atoms with E-state index < -0.39 is 18.5 Å². The van der Waals surface area contributed by atoms with E-state index in [1.807, 2.05) is 0 Å². The Hall–Kier alpha value is -0.671. The van der Waals surface area contributed by atoms with Gasteiger partial charge >= 0.3 is 58.9 Å². The molecule has 0 saturated carbocycles. The van der Waals surface area contributed by atoms with Crippen LogP contribution in [0.5, 0.6) is 0 Å². The molecule has 5 N–H and O–H groups in total. The molecule has 14 heavy (non-hydrogen) atoms. The van der Waals surface area contributed by atoms with Gasteiger partial charge in [-0.1, -0.05) is 0 Å². The van der Waals surface area contributed by atoms with Crippen LogP contribution in [0.4, 0.5) is 14.4 Å². The van der Waals surface area contributed by atoms with Crippen molar-refractivity contribution in [2.24, 2.45) is 0 Å². The quantitative estimate of drug-likeness (QED) is 0.275. The monoisotopic (exact) mass is 290 g/mol. The third-order valence-corrected chi connectivity index (χ3v) is 0. The van der Waals surface area contributed by atoms with E-state index in [0.717, 1.165) is 0 Å². The van der Waals surface area contributed by atoms with Gasteiger partial charge in [0.05, 0.1) is 0 Å². The van der Waals surface area contributed by atoms with Crippen LogP contribution >= 0.6 is 0 Å². The second-order valence-electron chi connectivity index (χ2n) is 0.831. The van der Waals surface area contributed by atoms with Crippen molar-refractivity contribution in [1.82, 2.24) is 0 Å². The Kier molecular flexibility index (Phi) is 47.6. The number of carbonyl (C=O) groups is 3. The normalized spacial score (nSPS) is 5.14. The van der Waals surface area contributed by atoms with Crippen molar-refractivity contribution in [1.29, 1.82) is 0 Å². The van der Waals surface area contributed by atoms with Crippen molar-refractivity contribution in [3.63, 3.8) is 0 Å². The van der Waals surface area contributed by atoms with E-state index >= 15 is 0 Å². The van der Waals surface area contributed by atoms with Crippen LogP contribution in [0, 0.1) is 0 Å². The van der Waals surface area contributed by atoms with Crippen LogP contribution < -0.4 is 34.7 Å². The van der Waals surface area contributed by atoms with Crippen molar-refractivity contribution in [3.05, 3.63) is 0 Å². The Bertz CT molecular complexity index is 118. The van der Waals surface area contributed by atoms with E-state index in [1.54, 1.807) is 0 Å². The summed E-state index contributed by atoms with van der Waals surface area (Å²) in [7, 11) is 0. The molecule has 0 bridgehead atoms. The molecule has 9 nitrogen and oxygen atoms in total. The van der Waals surface area contributed by atoms with Crippen molar-refractivity contribution in [2.75, 3.05) is 0 Å². The van der Waals surface area contributed by atoms with Gasteiger partial charge in [-0.2, -0.15) is 0 Å². The Morgan fingerprint density at radius 1 is 0.786 bits per heavy atom. The van der Waals surface area contributed by atoms with E-state index in [0.29, 0.717) is 0 Å². The summed E-state index contributed by atoms with van der Waals surface area (Å²) in [6.07, 6.45) is -5.75. The van der Waals surface area contributed by atoms with E-state index in [2.05, 4.69) is 0 Å². The molecular weight excluding hydrogens is 282 g/mol. The molecule has 0 aromatic rings. The fraction of sp³-hybridized carbons (Fsp3) is 0. The number of hydrogen-bond donors (Lipinski definition) is 5. The van der Waals surface area contributed by atoms with Gasteiger partial charge in [0.15, 0.2) is 0 Å². The van der Waals surface area contributed by atoms with Gasteiger partial charge in [0.2, 0.25) is 6.16 Å². The van der Waals surface area contributed by atoms with Crippen LogP contribution in [-0.4, -0.2) is 61.1 Å². The average molecular weight is 289 g/mol. The average Bonchev–Trinajstić information content (AvgIpc) is 1.54. The molecule has 0 radical (unpaired) electrons. The molecule has 0 amide bonds. The first-order valence-corrected chi connectivity index (χ1v) is 1.93. The molecule has 0 aromatic heterocycles. The van der Waals surface area contributed by atoms with E-state index in [9.17, 15) is 0 Å². The third kappa shape index (κ3) is 2690. The summed E-state index contributed by atoms with van der Waals surface area (Å²) in [4.78, 5) is 25.6. The minimum absolute atomic E-state index is 0. The number of rotatable bonds is 0. The second kappa shape index (κ2) is 22.8. The molecule has 0 aromatic carbocycles. The maximum absolute atomic E-state index is 8.56. The zero-order valence-corrected chi connectivity index (χ0v) is 11.0. The van der Waals surface area contributed by atoms with Crippen LogP contribution in [0.2, 0.25) is 0 Å². The van der Waals surface area contributed by atoms with Gasteiger partial charge in [-0.05, 0) is 0 Å². The van der Waals surface area contributed by atoms with E-state index in [-0.39, 0.29) is 46.6 Å². The second-order valence-corrected chi connectivity index (χ2v) is 0.831. The molecule has 0 unspecified atom stereocenters. The molecule has 0 rings (SSSR count). The van der Waals surface area contributed by atoms with Crippen molar-refractivity contribution in [2.45, 2.75) is 0 Å². The number of hydrogen-bond acceptors (Lipinski definition) is 4. The molecule has 0 atom stereocenters. The molecule has 0 aliphatic heterocycles. The van der Waals surface area contributed by atoms with Crippen LogP contribution in [-0.2, 0) is 0 Å². The fourth-order valence-corrected chi connectivity index (χ4v) is 0. The summed E-state index contributed by atoms with van der Waals surface area (Å²) in [5.41, 5.74) is 0. The van der Waals surface area contributed by atoms with Gasteiger partial charge in [-0.15, -0.1) is 0 Å². The van der Waals surface area contributed by atoms with Gasteiger partial charge in [-0.25, -0.2) is 9.59 Å². The Balaban J connectivity index is -0.0000000270. The first kappa shape index (κ1) is 29.2. The molecule has 0 spiro atoms. The van der Waals surface area contributed by atoms with Gasteiger partial charge in [-0.3, -0.25) is 0 Å². The third-order valence-electron chi connectivity index (χ3n) is 0. The van der Waals surface area contributed by atoms with Gasteiger partial charge < -0.3 is 35.4 Å². The van der Waals surface area contributed by atoms with E-state index in [1.165, 1.54) is 0 Å². The Labute approximate surface area is 110 Å². The summed E-state index contributed by atoms with van der Waals surface area (Å²) in [5, 5.41) is 43.2. The Morgan fingerprint density at radius 3 is 0.786 bits per heavy atom. The van der Waals surface area contributed by atoms with Gasteiger partial charge in [0, 0.05) is 0 Å². The van der Waals surface area contributed by atoms with Crippen molar-refractivity contribution < 1.29 is 74.6 Å². The van der Waals surface area contributed by atoms with Gasteiger partial charge in [0.25, 0.3) is 0 Å². The van der Waals surface area contributed by atoms with Crippen LogP contribution in [0.15, 0.2) is 0 Å². The molecule has 0 fully saturated rings. The van der Waals surface area contributed by atoms with Crippen LogP contribution in [0.1, 0.15) is 0 Å². The predicted molar refractivity (Wildman–Crippen MR) is 37.9 cm³/mol. The van der Waals surface area contributed by atoms with Crippen LogP contribution in [0.25, 0.3) is 0 Å². The van der Waals surface area contributed by atoms with E-state index in [4.69, 9.17) is 45.0 Å². The zero-order chi connectivity index (χ0) is 10.7. The maximum atomic E-state index is 8.56. The molecule has 11 heteroatoms. The topological polar surface area (TPSA) is 175 Å². The summed E-state index contributed by atoms with van der Waals surface area (Å²) >= 11 is 0. The molecule has 0 aliphatic rings. The molecule has 80 valence electrons. The number of carboxylic acid groups (broad SMARTS) is 6. The zero-order valence-electron chi connectivity index (χ0n) is 6.87. The molecule has 0 saturated heterocycles. The molecule has 0 heterocycles. The van der Waals surface area contributed by atoms with Crippen molar-refractivity contribution in [3.8, 4) is 0 Å². The standard InChI is InChI=1S/3CH2O3.Na.H2Se/c3*2-1(3)4;;/h3*(H2,2,3,4);;1H2/q;;;+1;/p-1. The first-order valence-electron chi connectivity index (χ1n) is 1.93. The SMILES string of the molecule is O=C(O)O.O=C(O)O.O=C([O-])O.[Na+].[SeH2]. The fourth-order valence-electron chi connectivity index (χ4n) is 0.